The minimum atomic E-state index is 0.559. The summed E-state index contributed by atoms with van der Waals surface area (Å²) in [4.78, 5) is 12.3. The van der Waals surface area contributed by atoms with E-state index >= 15 is 0 Å². The number of nitrogens with zero attached hydrogens (tertiary/aromatic N) is 1. The molecule has 1 saturated heterocycles. The Morgan fingerprint density at radius 2 is 2.15 bits per heavy atom. The first kappa shape index (κ1) is 10.9. The molecule has 0 aromatic rings. The fraction of sp³-hybridized carbons (Fsp3) is 0.889. The molecule has 1 rings (SSSR count). The summed E-state index contributed by atoms with van der Waals surface area (Å²) in [6.07, 6.45) is 5.28. The molecule has 3 nitrogen and oxygen atoms in total. The zero-order chi connectivity index (χ0) is 9.68. The topological polar surface area (TPSA) is 32.3 Å². The summed E-state index contributed by atoms with van der Waals surface area (Å²) in [5.41, 5.74) is 0. The number of rotatable bonds is 4. The minimum absolute atomic E-state index is 0.559. The lowest BCUT2D eigenvalue weighted by Gasteiger charge is -2.32. The second-order valence-corrected chi connectivity index (χ2v) is 4.23. The zero-order valence-corrected chi connectivity index (χ0v) is 9.14. The summed E-state index contributed by atoms with van der Waals surface area (Å²) in [5, 5.41) is 0. The molecule has 0 aromatic heterocycles. The van der Waals surface area contributed by atoms with Gasteiger partial charge in [-0.2, -0.15) is 0 Å². The normalized spacial score (nSPS) is 21.5. The van der Waals surface area contributed by atoms with E-state index in [4.69, 9.17) is 0 Å². The van der Waals surface area contributed by atoms with Crippen LogP contribution in [0.25, 0.3) is 0 Å². The number of carbonyl (C=O) groups is 1. The quantitative estimate of drug-likeness (QED) is 0.547. The predicted octanol–water partition coefficient (Wildman–Crippen LogP) is 1.11. The largest absolute Gasteiger partial charge is 0.345 e. The van der Waals surface area contributed by atoms with Crippen molar-refractivity contribution in [3.05, 3.63) is 0 Å². The Kier molecular flexibility index (Phi) is 4.59. The van der Waals surface area contributed by atoms with E-state index in [-0.39, 0.29) is 0 Å². The van der Waals surface area contributed by atoms with E-state index in [1.807, 2.05) is 4.90 Å². The van der Waals surface area contributed by atoms with Gasteiger partial charge in [0.1, 0.15) is 0 Å². The van der Waals surface area contributed by atoms with Gasteiger partial charge in [0.05, 0.1) is 0 Å². The Balaban J connectivity index is 2.27. The lowest BCUT2D eigenvalue weighted by molar-refractivity contribution is -0.119. The standard InChI is InChI=1S/C9H18N2OS/c1-8(10-13-2)9-3-5-11(7-12)6-4-9/h7-10H,3-6H2,1-2H3. The number of hydrogen-bond acceptors (Lipinski definition) is 3. The highest BCUT2D eigenvalue weighted by Gasteiger charge is 2.22. The first-order valence-electron chi connectivity index (χ1n) is 4.75. The third kappa shape index (κ3) is 3.19. The van der Waals surface area contributed by atoms with Crippen LogP contribution in [0, 0.1) is 5.92 Å². The number of carbonyl (C=O) groups excluding carboxylic acids is 1. The van der Waals surface area contributed by atoms with Gasteiger partial charge in [-0.15, -0.1) is 0 Å². The highest BCUT2D eigenvalue weighted by atomic mass is 32.2. The SMILES string of the molecule is CSNC(C)C1CCN(C=O)CC1. The monoisotopic (exact) mass is 202 g/mol. The first-order chi connectivity index (χ1) is 6.27. The van der Waals surface area contributed by atoms with E-state index in [2.05, 4.69) is 17.9 Å². The summed E-state index contributed by atoms with van der Waals surface area (Å²) >= 11 is 1.68. The highest BCUT2D eigenvalue weighted by Crippen LogP contribution is 2.20. The molecule has 13 heavy (non-hydrogen) atoms. The van der Waals surface area contributed by atoms with Crippen molar-refractivity contribution in [2.24, 2.45) is 5.92 Å². The van der Waals surface area contributed by atoms with Crippen LogP contribution in [0.5, 0.6) is 0 Å². The van der Waals surface area contributed by atoms with Crippen LogP contribution in [0.2, 0.25) is 0 Å². The lowest BCUT2D eigenvalue weighted by Crippen LogP contribution is -2.39. The van der Waals surface area contributed by atoms with Gasteiger partial charge >= 0.3 is 0 Å². The molecule has 0 spiro atoms. The van der Waals surface area contributed by atoms with Gasteiger partial charge in [-0.1, -0.05) is 11.9 Å². The summed E-state index contributed by atoms with van der Waals surface area (Å²) in [6, 6.07) is 0.559. The van der Waals surface area contributed by atoms with E-state index in [1.165, 1.54) is 0 Å². The number of amides is 1. The molecule has 0 bridgehead atoms. The average Bonchev–Trinajstić information content (AvgIpc) is 2.18. The van der Waals surface area contributed by atoms with Gasteiger partial charge in [0.15, 0.2) is 0 Å². The van der Waals surface area contributed by atoms with Crippen molar-refractivity contribution in [2.45, 2.75) is 25.8 Å². The van der Waals surface area contributed by atoms with E-state index < -0.39 is 0 Å². The molecule has 4 heteroatoms. The van der Waals surface area contributed by atoms with E-state index in [9.17, 15) is 4.79 Å². The molecule has 1 fully saturated rings. The van der Waals surface area contributed by atoms with Crippen LogP contribution in [0.4, 0.5) is 0 Å². The van der Waals surface area contributed by atoms with Gasteiger partial charge in [0.25, 0.3) is 0 Å². The number of hydrogen-bond donors (Lipinski definition) is 1. The maximum atomic E-state index is 10.5. The summed E-state index contributed by atoms with van der Waals surface area (Å²) < 4.78 is 3.36. The van der Waals surface area contributed by atoms with Gasteiger partial charge in [-0.05, 0) is 31.9 Å². The molecule has 1 aliphatic rings. The molecule has 1 heterocycles. The molecule has 0 radical (unpaired) electrons. The van der Waals surface area contributed by atoms with Crippen LogP contribution < -0.4 is 4.72 Å². The van der Waals surface area contributed by atoms with Crippen molar-refractivity contribution in [1.29, 1.82) is 0 Å². The fourth-order valence-corrected chi connectivity index (χ4v) is 2.37. The van der Waals surface area contributed by atoms with Crippen LogP contribution in [-0.2, 0) is 4.79 Å². The minimum Gasteiger partial charge on any atom is -0.345 e. The van der Waals surface area contributed by atoms with Crippen LogP contribution in [-0.4, -0.2) is 36.7 Å². The lowest BCUT2D eigenvalue weighted by atomic mass is 9.91. The van der Waals surface area contributed by atoms with E-state index in [0.29, 0.717) is 6.04 Å². The summed E-state index contributed by atoms with van der Waals surface area (Å²) in [6.45, 7) is 4.07. The third-order valence-corrected chi connectivity index (χ3v) is 3.34. The third-order valence-electron chi connectivity index (χ3n) is 2.73. The number of nitrogens with one attached hydrogen (secondary N) is 1. The van der Waals surface area contributed by atoms with E-state index in [1.54, 1.807) is 11.9 Å². The second kappa shape index (κ2) is 5.50. The molecule has 0 saturated carbocycles. The second-order valence-electron chi connectivity index (χ2n) is 3.59. The molecule has 1 atom stereocenters. The Labute approximate surface area is 84.4 Å². The average molecular weight is 202 g/mol. The summed E-state index contributed by atoms with van der Waals surface area (Å²) in [7, 11) is 0. The van der Waals surface area contributed by atoms with Crippen molar-refractivity contribution >= 4 is 18.4 Å². The Morgan fingerprint density at radius 3 is 2.62 bits per heavy atom. The van der Waals surface area contributed by atoms with Crippen LogP contribution in [0.3, 0.4) is 0 Å². The van der Waals surface area contributed by atoms with E-state index in [0.717, 1.165) is 38.3 Å². The van der Waals surface area contributed by atoms with Crippen LogP contribution in [0.15, 0.2) is 0 Å². The van der Waals surface area contributed by atoms with Crippen molar-refractivity contribution in [1.82, 2.24) is 9.62 Å². The first-order valence-corrected chi connectivity index (χ1v) is 5.98. The smallest absolute Gasteiger partial charge is 0.209 e. The Morgan fingerprint density at radius 1 is 1.54 bits per heavy atom. The Hall–Kier alpha value is -0.220. The molecule has 1 unspecified atom stereocenters. The predicted molar refractivity (Wildman–Crippen MR) is 56.5 cm³/mol. The maximum absolute atomic E-state index is 10.5. The molecule has 76 valence electrons. The van der Waals surface area contributed by atoms with Gasteiger partial charge in [-0.3, -0.25) is 9.52 Å². The molecule has 0 aromatic carbocycles. The molecule has 0 aliphatic carbocycles. The van der Waals surface area contributed by atoms with Gasteiger partial charge in [-0.25, -0.2) is 0 Å². The van der Waals surface area contributed by atoms with Gasteiger partial charge < -0.3 is 4.90 Å². The zero-order valence-electron chi connectivity index (χ0n) is 8.32. The molecule has 1 amide bonds. The van der Waals surface area contributed by atoms with Crippen molar-refractivity contribution in [3.8, 4) is 0 Å². The van der Waals surface area contributed by atoms with Crippen LogP contribution in [0.1, 0.15) is 19.8 Å². The molecule has 1 aliphatic heterocycles. The molecular weight excluding hydrogens is 184 g/mol. The van der Waals surface area contributed by atoms with Crippen molar-refractivity contribution < 1.29 is 4.79 Å². The number of piperidine rings is 1. The fourth-order valence-electron chi connectivity index (χ4n) is 1.81. The maximum Gasteiger partial charge on any atom is 0.209 e. The van der Waals surface area contributed by atoms with Crippen molar-refractivity contribution in [3.63, 3.8) is 0 Å². The Bertz CT molecular complexity index is 158. The van der Waals surface area contributed by atoms with Gasteiger partial charge in [0.2, 0.25) is 6.41 Å². The summed E-state index contributed by atoms with van der Waals surface area (Å²) in [5.74, 6) is 0.726. The highest BCUT2D eigenvalue weighted by molar-refractivity contribution is 7.96. The number of likely N-dealkylation sites (tertiary alicyclic amines) is 1. The molecule has 1 N–H and O–H groups in total. The molecular formula is C9H18N2OS. The van der Waals surface area contributed by atoms with Gasteiger partial charge in [0, 0.05) is 19.1 Å². The van der Waals surface area contributed by atoms with Crippen LogP contribution >= 0.6 is 11.9 Å². The van der Waals surface area contributed by atoms with Crippen molar-refractivity contribution in [2.75, 3.05) is 19.3 Å².